The van der Waals surface area contributed by atoms with Crippen LogP contribution in [-0.4, -0.2) is 12.2 Å². The van der Waals surface area contributed by atoms with Crippen LogP contribution < -0.4 is 4.74 Å². The topological polar surface area (TPSA) is 29.5 Å². The van der Waals surface area contributed by atoms with Crippen LogP contribution in [0.3, 0.4) is 0 Å². The molecule has 0 spiro atoms. The summed E-state index contributed by atoms with van der Waals surface area (Å²) in [6.07, 6.45) is -0.478. The van der Waals surface area contributed by atoms with Crippen LogP contribution in [0.1, 0.15) is 29.7 Å². The third-order valence-corrected chi connectivity index (χ3v) is 2.10. The molecule has 1 aromatic carbocycles. The van der Waals surface area contributed by atoms with Crippen molar-refractivity contribution in [3.05, 3.63) is 28.8 Å². The predicted molar refractivity (Wildman–Crippen MR) is 53.1 cm³/mol. The Morgan fingerprint density at radius 1 is 1.31 bits per heavy atom. The Labute approximate surface area is 79.2 Å². The maximum Gasteiger partial charge on any atom is 0.127 e. The molecule has 2 nitrogen and oxygen atoms in total. The Hall–Kier alpha value is -1.02. The van der Waals surface area contributed by atoms with E-state index in [1.807, 2.05) is 26.0 Å². The van der Waals surface area contributed by atoms with Crippen molar-refractivity contribution in [2.45, 2.75) is 26.9 Å². The third kappa shape index (κ3) is 2.01. The van der Waals surface area contributed by atoms with Gasteiger partial charge in [0.2, 0.25) is 0 Å². The molecule has 13 heavy (non-hydrogen) atoms. The largest absolute Gasteiger partial charge is 0.496 e. The minimum Gasteiger partial charge on any atom is -0.496 e. The van der Waals surface area contributed by atoms with Gasteiger partial charge in [0.05, 0.1) is 13.2 Å². The van der Waals surface area contributed by atoms with Crippen LogP contribution in [0.2, 0.25) is 0 Å². The molecule has 0 heterocycles. The van der Waals surface area contributed by atoms with E-state index in [0.717, 1.165) is 22.4 Å². The molecule has 1 aromatic rings. The fourth-order valence-electron chi connectivity index (χ4n) is 1.58. The smallest absolute Gasteiger partial charge is 0.127 e. The summed E-state index contributed by atoms with van der Waals surface area (Å²) in [6.45, 7) is 5.74. The molecule has 0 fully saturated rings. The summed E-state index contributed by atoms with van der Waals surface area (Å²) < 4.78 is 5.23. The summed E-state index contributed by atoms with van der Waals surface area (Å²) in [5.41, 5.74) is 3.08. The van der Waals surface area contributed by atoms with Crippen LogP contribution in [0.25, 0.3) is 0 Å². The molecule has 1 rings (SSSR count). The molecule has 1 unspecified atom stereocenters. The molecule has 1 atom stereocenters. The lowest BCUT2D eigenvalue weighted by atomic mass is 10.0. The maximum absolute atomic E-state index is 9.50. The van der Waals surface area contributed by atoms with Crippen LogP contribution in [0.4, 0.5) is 0 Å². The van der Waals surface area contributed by atoms with E-state index >= 15 is 0 Å². The lowest BCUT2D eigenvalue weighted by Gasteiger charge is -2.14. The van der Waals surface area contributed by atoms with Crippen molar-refractivity contribution in [1.82, 2.24) is 0 Å². The van der Waals surface area contributed by atoms with Gasteiger partial charge in [-0.3, -0.25) is 0 Å². The molecule has 0 aromatic heterocycles. The van der Waals surface area contributed by atoms with Crippen molar-refractivity contribution < 1.29 is 9.84 Å². The monoisotopic (exact) mass is 180 g/mol. The van der Waals surface area contributed by atoms with Crippen LogP contribution >= 0.6 is 0 Å². The molecule has 0 aliphatic heterocycles. The number of benzene rings is 1. The van der Waals surface area contributed by atoms with E-state index in [-0.39, 0.29) is 0 Å². The number of methoxy groups -OCH3 is 1. The first kappa shape index (κ1) is 10.1. The SMILES string of the molecule is COc1c(C)cc(C)cc1C(C)O. The van der Waals surface area contributed by atoms with Gasteiger partial charge in [0.15, 0.2) is 0 Å². The molecule has 72 valence electrons. The quantitative estimate of drug-likeness (QED) is 0.757. The van der Waals surface area contributed by atoms with Crippen molar-refractivity contribution in [3.8, 4) is 5.75 Å². The van der Waals surface area contributed by atoms with Gasteiger partial charge in [0, 0.05) is 5.56 Å². The normalized spacial score (nSPS) is 12.7. The standard InChI is InChI=1S/C11H16O2/c1-7-5-8(2)11(13-4)10(6-7)9(3)12/h5-6,9,12H,1-4H3. The lowest BCUT2D eigenvalue weighted by molar-refractivity contribution is 0.194. The summed E-state index contributed by atoms with van der Waals surface area (Å²) in [7, 11) is 1.63. The Morgan fingerprint density at radius 2 is 1.92 bits per heavy atom. The van der Waals surface area contributed by atoms with Crippen LogP contribution in [-0.2, 0) is 0 Å². The van der Waals surface area contributed by atoms with Crippen molar-refractivity contribution in [3.63, 3.8) is 0 Å². The van der Waals surface area contributed by atoms with Crippen LogP contribution in [0.5, 0.6) is 5.75 Å². The van der Waals surface area contributed by atoms with Gasteiger partial charge in [-0.25, -0.2) is 0 Å². The zero-order valence-corrected chi connectivity index (χ0v) is 8.59. The Balaban J connectivity index is 3.29. The van der Waals surface area contributed by atoms with Gasteiger partial charge in [-0.2, -0.15) is 0 Å². The zero-order chi connectivity index (χ0) is 10.0. The number of ether oxygens (including phenoxy) is 1. The van der Waals surface area contributed by atoms with E-state index in [0.29, 0.717) is 0 Å². The van der Waals surface area contributed by atoms with E-state index in [1.165, 1.54) is 0 Å². The molecule has 0 saturated heterocycles. The van der Waals surface area contributed by atoms with Gasteiger partial charge in [-0.05, 0) is 32.4 Å². The fraction of sp³-hybridized carbons (Fsp3) is 0.455. The number of aliphatic hydroxyl groups excluding tert-OH is 1. The van der Waals surface area contributed by atoms with Gasteiger partial charge in [0.25, 0.3) is 0 Å². The van der Waals surface area contributed by atoms with E-state index in [2.05, 4.69) is 0 Å². The second-order valence-corrected chi connectivity index (χ2v) is 3.38. The third-order valence-electron chi connectivity index (χ3n) is 2.10. The van der Waals surface area contributed by atoms with Gasteiger partial charge in [0.1, 0.15) is 5.75 Å². The summed E-state index contributed by atoms with van der Waals surface area (Å²) in [5, 5.41) is 9.50. The van der Waals surface area contributed by atoms with E-state index < -0.39 is 6.10 Å². The average molecular weight is 180 g/mol. The van der Waals surface area contributed by atoms with Crippen molar-refractivity contribution >= 4 is 0 Å². The minimum absolute atomic E-state index is 0.478. The van der Waals surface area contributed by atoms with Gasteiger partial charge in [-0.15, -0.1) is 0 Å². The van der Waals surface area contributed by atoms with Gasteiger partial charge >= 0.3 is 0 Å². The Morgan fingerprint density at radius 3 is 2.38 bits per heavy atom. The number of aliphatic hydroxyl groups is 1. The van der Waals surface area contributed by atoms with Crippen LogP contribution in [0, 0.1) is 13.8 Å². The molecule has 0 bridgehead atoms. The number of hydrogen-bond donors (Lipinski definition) is 1. The minimum atomic E-state index is -0.478. The lowest BCUT2D eigenvalue weighted by Crippen LogP contribution is -1.99. The molecule has 2 heteroatoms. The van der Waals surface area contributed by atoms with Crippen molar-refractivity contribution in [2.75, 3.05) is 7.11 Å². The maximum atomic E-state index is 9.50. The molecule has 0 saturated carbocycles. The first-order valence-corrected chi connectivity index (χ1v) is 4.39. The second kappa shape index (κ2) is 3.79. The number of aryl methyl sites for hydroxylation is 2. The first-order valence-electron chi connectivity index (χ1n) is 4.39. The van der Waals surface area contributed by atoms with E-state index in [1.54, 1.807) is 14.0 Å². The highest BCUT2D eigenvalue weighted by Gasteiger charge is 2.11. The van der Waals surface area contributed by atoms with Crippen LogP contribution in [0.15, 0.2) is 12.1 Å². The summed E-state index contributed by atoms with van der Waals surface area (Å²) in [4.78, 5) is 0. The summed E-state index contributed by atoms with van der Waals surface area (Å²) in [5.74, 6) is 0.792. The molecule has 0 aliphatic rings. The first-order chi connectivity index (χ1) is 6.06. The molecule has 1 N–H and O–H groups in total. The molecular formula is C11H16O2. The average Bonchev–Trinajstić information content (AvgIpc) is 2.02. The second-order valence-electron chi connectivity index (χ2n) is 3.38. The van der Waals surface area contributed by atoms with Crippen molar-refractivity contribution in [2.24, 2.45) is 0 Å². The highest BCUT2D eigenvalue weighted by molar-refractivity contribution is 5.44. The molecule has 0 aliphatic carbocycles. The van der Waals surface area contributed by atoms with Gasteiger partial charge in [-0.1, -0.05) is 11.6 Å². The van der Waals surface area contributed by atoms with E-state index in [4.69, 9.17) is 4.74 Å². The number of rotatable bonds is 2. The Kier molecular flexibility index (Phi) is 2.94. The summed E-state index contributed by atoms with van der Waals surface area (Å²) in [6, 6.07) is 4.00. The predicted octanol–water partition coefficient (Wildman–Crippen LogP) is 2.37. The highest BCUT2D eigenvalue weighted by Crippen LogP contribution is 2.29. The molecular weight excluding hydrogens is 164 g/mol. The number of hydrogen-bond acceptors (Lipinski definition) is 2. The zero-order valence-electron chi connectivity index (χ0n) is 8.59. The van der Waals surface area contributed by atoms with Crippen molar-refractivity contribution in [1.29, 1.82) is 0 Å². The highest BCUT2D eigenvalue weighted by atomic mass is 16.5. The molecule has 0 amide bonds. The molecule has 0 radical (unpaired) electrons. The fourth-order valence-corrected chi connectivity index (χ4v) is 1.58. The Bertz CT molecular complexity index is 303. The summed E-state index contributed by atoms with van der Waals surface area (Å²) >= 11 is 0. The van der Waals surface area contributed by atoms with Gasteiger partial charge < -0.3 is 9.84 Å². The van der Waals surface area contributed by atoms with E-state index in [9.17, 15) is 5.11 Å².